The summed E-state index contributed by atoms with van der Waals surface area (Å²) in [7, 11) is 0. The summed E-state index contributed by atoms with van der Waals surface area (Å²) in [6.45, 7) is 0. The fraction of sp³-hybridized carbons (Fsp3) is 0.538. The van der Waals surface area contributed by atoms with Crippen LogP contribution in [0.25, 0.3) is 0 Å². The van der Waals surface area contributed by atoms with Crippen molar-refractivity contribution in [3.05, 3.63) is 33.8 Å². The number of aliphatic hydroxyl groups is 1. The van der Waals surface area contributed by atoms with Crippen LogP contribution in [0.2, 0.25) is 0 Å². The van der Waals surface area contributed by atoms with Crippen molar-refractivity contribution in [1.29, 1.82) is 0 Å². The zero-order chi connectivity index (χ0) is 12.2. The minimum absolute atomic E-state index is 0.00537. The van der Waals surface area contributed by atoms with Crippen LogP contribution in [-0.4, -0.2) is 5.11 Å². The molecular weight excluding hydrogens is 290 g/mol. The minimum atomic E-state index is -1.30. The van der Waals surface area contributed by atoms with Gasteiger partial charge >= 0.3 is 0 Å². The van der Waals surface area contributed by atoms with Gasteiger partial charge in [-0.25, -0.2) is 8.78 Å². The number of hydrogen-bond acceptors (Lipinski definition) is 1. The van der Waals surface area contributed by atoms with E-state index in [1.54, 1.807) is 0 Å². The smallest absolute Gasteiger partial charge is 0.146 e. The van der Waals surface area contributed by atoms with Crippen molar-refractivity contribution in [2.75, 3.05) is 0 Å². The van der Waals surface area contributed by atoms with E-state index in [0.717, 1.165) is 19.3 Å². The van der Waals surface area contributed by atoms with Gasteiger partial charge in [-0.05, 0) is 65.6 Å². The highest BCUT2D eigenvalue weighted by Gasteiger charge is 2.53. The average molecular weight is 303 g/mol. The van der Waals surface area contributed by atoms with Gasteiger partial charge in [0.1, 0.15) is 11.6 Å². The SMILES string of the molecule is OC1(c2c(F)ccc(Br)c2F)CC2CCC1C2. The van der Waals surface area contributed by atoms with E-state index in [0.29, 0.717) is 12.3 Å². The summed E-state index contributed by atoms with van der Waals surface area (Å²) in [5.74, 6) is -0.866. The van der Waals surface area contributed by atoms with E-state index < -0.39 is 17.2 Å². The molecule has 0 spiro atoms. The predicted molar refractivity (Wildman–Crippen MR) is 63.4 cm³/mol. The summed E-state index contributed by atoms with van der Waals surface area (Å²) in [6, 6.07) is 2.55. The maximum absolute atomic E-state index is 14.0. The lowest BCUT2D eigenvalue weighted by Crippen LogP contribution is -2.34. The lowest BCUT2D eigenvalue weighted by atomic mass is 9.78. The van der Waals surface area contributed by atoms with Crippen molar-refractivity contribution in [1.82, 2.24) is 0 Å². The highest BCUT2D eigenvalue weighted by Crippen LogP contribution is 2.56. The molecule has 0 aromatic heterocycles. The fourth-order valence-corrected chi connectivity index (χ4v) is 3.86. The third-order valence-corrected chi connectivity index (χ3v) is 4.91. The summed E-state index contributed by atoms with van der Waals surface area (Å²) < 4.78 is 28.1. The number of benzene rings is 1. The Balaban J connectivity index is 2.13. The Morgan fingerprint density at radius 2 is 2.06 bits per heavy atom. The molecule has 0 heterocycles. The Labute approximate surface area is 107 Å². The first-order valence-electron chi connectivity index (χ1n) is 5.88. The van der Waals surface area contributed by atoms with Gasteiger partial charge in [0.15, 0.2) is 0 Å². The minimum Gasteiger partial charge on any atom is -0.385 e. The third kappa shape index (κ3) is 1.57. The Kier molecular flexibility index (Phi) is 2.56. The second kappa shape index (κ2) is 3.75. The summed E-state index contributed by atoms with van der Waals surface area (Å²) in [4.78, 5) is 0. The van der Waals surface area contributed by atoms with Gasteiger partial charge in [-0.1, -0.05) is 0 Å². The molecule has 3 atom stereocenters. The molecular formula is C13H13BrF2O. The van der Waals surface area contributed by atoms with Crippen LogP contribution in [0.3, 0.4) is 0 Å². The first-order valence-corrected chi connectivity index (χ1v) is 6.68. The molecule has 1 N–H and O–H groups in total. The average Bonchev–Trinajstić information content (AvgIpc) is 2.84. The maximum Gasteiger partial charge on any atom is 0.146 e. The van der Waals surface area contributed by atoms with Crippen LogP contribution >= 0.6 is 15.9 Å². The topological polar surface area (TPSA) is 20.2 Å². The molecule has 2 aliphatic rings. The van der Waals surface area contributed by atoms with Gasteiger partial charge in [-0.2, -0.15) is 0 Å². The standard InChI is InChI=1S/C13H13BrF2O/c14-9-3-4-10(15)11(12(9)16)13(17)6-7-1-2-8(13)5-7/h3-4,7-8,17H,1-2,5-6H2. The largest absolute Gasteiger partial charge is 0.385 e. The van der Waals surface area contributed by atoms with E-state index in [1.165, 1.54) is 12.1 Å². The van der Waals surface area contributed by atoms with Crippen LogP contribution in [0.1, 0.15) is 31.2 Å². The van der Waals surface area contributed by atoms with Crippen molar-refractivity contribution in [3.8, 4) is 0 Å². The molecule has 0 radical (unpaired) electrons. The van der Waals surface area contributed by atoms with Crippen molar-refractivity contribution in [3.63, 3.8) is 0 Å². The molecule has 1 aromatic rings. The monoisotopic (exact) mass is 302 g/mol. The van der Waals surface area contributed by atoms with Gasteiger partial charge in [0.25, 0.3) is 0 Å². The highest BCUT2D eigenvalue weighted by atomic mass is 79.9. The Hall–Kier alpha value is -0.480. The number of fused-ring (bicyclic) bond motifs is 2. The lowest BCUT2D eigenvalue weighted by Gasteiger charge is -2.33. The molecule has 2 bridgehead atoms. The van der Waals surface area contributed by atoms with Crippen LogP contribution < -0.4 is 0 Å². The number of rotatable bonds is 1. The van der Waals surface area contributed by atoms with Gasteiger partial charge in [-0.15, -0.1) is 0 Å². The molecule has 3 rings (SSSR count). The first kappa shape index (κ1) is 11.6. The second-order valence-corrected chi connectivity index (χ2v) is 6.08. The molecule has 3 unspecified atom stereocenters. The van der Waals surface area contributed by atoms with Crippen molar-refractivity contribution in [2.45, 2.75) is 31.3 Å². The predicted octanol–water partition coefficient (Wildman–Crippen LogP) is 3.73. The zero-order valence-electron chi connectivity index (χ0n) is 9.22. The number of halogens is 3. The van der Waals surface area contributed by atoms with E-state index in [4.69, 9.17) is 0 Å². The van der Waals surface area contributed by atoms with Crippen LogP contribution in [-0.2, 0) is 5.60 Å². The van der Waals surface area contributed by atoms with Crippen molar-refractivity contribution in [2.24, 2.45) is 11.8 Å². The van der Waals surface area contributed by atoms with Crippen LogP contribution in [0.15, 0.2) is 16.6 Å². The van der Waals surface area contributed by atoms with Crippen LogP contribution in [0.5, 0.6) is 0 Å². The molecule has 0 saturated heterocycles. The molecule has 2 saturated carbocycles. The molecule has 1 nitrogen and oxygen atoms in total. The molecule has 0 aliphatic heterocycles. The van der Waals surface area contributed by atoms with E-state index in [9.17, 15) is 13.9 Å². The van der Waals surface area contributed by atoms with Gasteiger partial charge < -0.3 is 5.11 Å². The van der Waals surface area contributed by atoms with E-state index in [-0.39, 0.29) is 16.0 Å². The van der Waals surface area contributed by atoms with E-state index in [2.05, 4.69) is 15.9 Å². The van der Waals surface area contributed by atoms with Gasteiger partial charge in [0, 0.05) is 0 Å². The quantitative estimate of drug-likeness (QED) is 0.784. The van der Waals surface area contributed by atoms with Gasteiger partial charge in [0.05, 0.1) is 15.6 Å². The van der Waals surface area contributed by atoms with E-state index in [1.807, 2.05) is 0 Å². The number of hydrogen-bond donors (Lipinski definition) is 1. The van der Waals surface area contributed by atoms with E-state index >= 15 is 0 Å². The molecule has 4 heteroatoms. The Morgan fingerprint density at radius 3 is 2.65 bits per heavy atom. The first-order chi connectivity index (χ1) is 8.02. The molecule has 92 valence electrons. The van der Waals surface area contributed by atoms with Gasteiger partial charge in [-0.3, -0.25) is 0 Å². The third-order valence-electron chi connectivity index (χ3n) is 4.29. The lowest BCUT2D eigenvalue weighted by molar-refractivity contribution is -0.0244. The Bertz CT molecular complexity index is 477. The molecule has 2 fully saturated rings. The highest BCUT2D eigenvalue weighted by molar-refractivity contribution is 9.10. The van der Waals surface area contributed by atoms with Crippen LogP contribution in [0, 0.1) is 23.5 Å². The summed E-state index contributed by atoms with van der Waals surface area (Å²) in [5.41, 5.74) is -1.44. The summed E-state index contributed by atoms with van der Waals surface area (Å²) in [5, 5.41) is 10.6. The van der Waals surface area contributed by atoms with Crippen molar-refractivity contribution >= 4 is 15.9 Å². The normalized spacial score (nSPS) is 35.5. The zero-order valence-corrected chi connectivity index (χ0v) is 10.8. The Morgan fingerprint density at radius 1 is 1.29 bits per heavy atom. The molecule has 1 aromatic carbocycles. The van der Waals surface area contributed by atoms with Gasteiger partial charge in [0.2, 0.25) is 0 Å². The molecule has 2 aliphatic carbocycles. The van der Waals surface area contributed by atoms with Crippen molar-refractivity contribution < 1.29 is 13.9 Å². The molecule has 17 heavy (non-hydrogen) atoms. The summed E-state index contributed by atoms with van der Waals surface area (Å²) >= 11 is 3.05. The second-order valence-electron chi connectivity index (χ2n) is 5.22. The van der Waals surface area contributed by atoms with Crippen LogP contribution in [0.4, 0.5) is 8.78 Å². The fourth-order valence-electron chi connectivity index (χ4n) is 3.53. The summed E-state index contributed by atoms with van der Waals surface area (Å²) in [6.07, 6.45) is 3.32. The maximum atomic E-state index is 14.0. The molecule has 0 amide bonds.